The second-order valence-corrected chi connectivity index (χ2v) is 5.61. The normalized spacial score (nSPS) is 21.2. The topological polar surface area (TPSA) is 32.3 Å². The molecule has 0 bridgehead atoms. The van der Waals surface area contributed by atoms with Gasteiger partial charge in [0.1, 0.15) is 0 Å². The highest BCUT2D eigenvalue weighted by molar-refractivity contribution is 5.84. The molecule has 0 aromatic carbocycles. The minimum Gasteiger partial charge on any atom is -0.353 e. The molecule has 1 aliphatic heterocycles. The molecule has 1 aliphatic rings. The Morgan fingerprint density at radius 2 is 1.95 bits per heavy atom. The smallest absolute Gasteiger partial charge is 0.353 e. The van der Waals surface area contributed by atoms with Gasteiger partial charge in [-0.2, -0.15) is 13.2 Å². The molecule has 1 N–H and O–H groups in total. The monoisotopic (exact) mass is 292 g/mol. The van der Waals surface area contributed by atoms with Crippen LogP contribution in [0.25, 0.3) is 0 Å². The molecule has 1 saturated heterocycles. The van der Waals surface area contributed by atoms with E-state index in [4.69, 9.17) is 0 Å². The van der Waals surface area contributed by atoms with Crippen molar-refractivity contribution in [1.82, 2.24) is 10.2 Å². The van der Waals surface area contributed by atoms with Gasteiger partial charge in [-0.1, -0.05) is 13.0 Å². The van der Waals surface area contributed by atoms with Gasteiger partial charge in [-0.25, -0.2) is 0 Å². The fourth-order valence-corrected chi connectivity index (χ4v) is 2.24. The zero-order valence-corrected chi connectivity index (χ0v) is 12.1. The molecule has 1 amide bonds. The van der Waals surface area contributed by atoms with Crippen molar-refractivity contribution < 1.29 is 18.0 Å². The molecular weight excluding hydrogens is 269 g/mol. The van der Waals surface area contributed by atoms with Crippen molar-refractivity contribution in [2.24, 2.45) is 5.41 Å². The third kappa shape index (κ3) is 4.81. The van der Waals surface area contributed by atoms with Crippen molar-refractivity contribution in [3.8, 4) is 0 Å². The zero-order valence-electron chi connectivity index (χ0n) is 12.1. The summed E-state index contributed by atoms with van der Waals surface area (Å²) >= 11 is 0. The van der Waals surface area contributed by atoms with Crippen LogP contribution in [0.1, 0.15) is 33.1 Å². The zero-order chi connectivity index (χ0) is 15.4. The van der Waals surface area contributed by atoms with Crippen molar-refractivity contribution >= 4 is 5.91 Å². The molecule has 1 fully saturated rings. The Kier molecular flexibility index (Phi) is 5.62. The second kappa shape index (κ2) is 6.61. The van der Waals surface area contributed by atoms with Crippen LogP contribution in [0.15, 0.2) is 12.7 Å². The second-order valence-electron chi connectivity index (χ2n) is 5.61. The van der Waals surface area contributed by atoms with Gasteiger partial charge in [0.2, 0.25) is 5.91 Å². The van der Waals surface area contributed by atoms with Crippen LogP contribution < -0.4 is 5.32 Å². The standard InChI is InChI=1S/C14H23F3N2O/c1-4-13(3,5-2)12(20)18-11-6-8-19(9-7-11)10-14(15,16)17/h4,11H,1,5-10H2,2-3H3,(H,18,20)/t13-/m1/s1. The van der Waals surface area contributed by atoms with E-state index < -0.39 is 18.1 Å². The van der Waals surface area contributed by atoms with E-state index in [0.29, 0.717) is 32.4 Å². The Morgan fingerprint density at radius 1 is 1.40 bits per heavy atom. The lowest BCUT2D eigenvalue weighted by Gasteiger charge is -2.34. The van der Waals surface area contributed by atoms with E-state index in [1.807, 2.05) is 13.8 Å². The van der Waals surface area contributed by atoms with Crippen LogP contribution in [0.4, 0.5) is 13.2 Å². The van der Waals surface area contributed by atoms with Crippen LogP contribution in [0.5, 0.6) is 0 Å². The van der Waals surface area contributed by atoms with Gasteiger partial charge >= 0.3 is 6.18 Å². The third-order valence-electron chi connectivity index (χ3n) is 4.03. The van der Waals surface area contributed by atoms with E-state index in [1.54, 1.807) is 6.08 Å². The summed E-state index contributed by atoms with van der Waals surface area (Å²) in [5.74, 6) is -0.0933. The highest BCUT2D eigenvalue weighted by atomic mass is 19.4. The maximum atomic E-state index is 12.3. The number of rotatable bonds is 5. The minimum atomic E-state index is -4.15. The van der Waals surface area contributed by atoms with Crippen LogP contribution in [0.3, 0.4) is 0 Å². The lowest BCUT2D eigenvalue weighted by molar-refractivity contribution is -0.148. The molecule has 3 nitrogen and oxygen atoms in total. The number of carbonyl (C=O) groups is 1. The minimum absolute atomic E-state index is 0.0437. The van der Waals surface area contributed by atoms with Crippen LogP contribution >= 0.6 is 0 Å². The Labute approximate surface area is 118 Å². The van der Waals surface area contributed by atoms with Crippen molar-refractivity contribution in [2.45, 2.75) is 45.3 Å². The number of carbonyl (C=O) groups excluding carboxylic acids is 1. The summed E-state index contributed by atoms with van der Waals surface area (Å²) in [7, 11) is 0. The summed E-state index contributed by atoms with van der Waals surface area (Å²) in [6.07, 6.45) is -0.770. The molecule has 0 saturated carbocycles. The maximum Gasteiger partial charge on any atom is 0.401 e. The van der Waals surface area contributed by atoms with Gasteiger partial charge in [0.05, 0.1) is 12.0 Å². The molecule has 0 aromatic heterocycles. The predicted molar refractivity (Wildman–Crippen MR) is 72.3 cm³/mol. The van der Waals surface area contributed by atoms with Crippen molar-refractivity contribution in [2.75, 3.05) is 19.6 Å². The first kappa shape index (κ1) is 17.0. The number of halogens is 3. The largest absolute Gasteiger partial charge is 0.401 e. The molecule has 0 aliphatic carbocycles. The van der Waals surface area contributed by atoms with E-state index in [0.717, 1.165) is 0 Å². The SMILES string of the molecule is C=C[C@](C)(CC)C(=O)NC1CCN(CC(F)(F)F)CC1. The van der Waals surface area contributed by atoms with Crippen molar-refractivity contribution in [3.63, 3.8) is 0 Å². The molecule has 0 unspecified atom stereocenters. The fraction of sp³-hybridized carbons (Fsp3) is 0.786. The number of hydrogen-bond acceptors (Lipinski definition) is 2. The average Bonchev–Trinajstić information content (AvgIpc) is 2.38. The molecule has 116 valence electrons. The van der Waals surface area contributed by atoms with E-state index in [9.17, 15) is 18.0 Å². The van der Waals surface area contributed by atoms with Crippen LogP contribution in [0, 0.1) is 5.41 Å². The predicted octanol–water partition coefficient (Wildman–Crippen LogP) is 2.73. The highest BCUT2D eigenvalue weighted by Crippen LogP contribution is 2.24. The molecular formula is C14H23F3N2O. The van der Waals surface area contributed by atoms with Crippen LogP contribution in [-0.4, -0.2) is 42.7 Å². The van der Waals surface area contributed by atoms with E-state index in [-0.39, 0.29) is 11.9 Å². The fourth-order valence-electron chi connectivity index (χ4n) is 2.24. The van der Waals surface area contributed by atoms with Gasteiger partial charge in [0, 0.05) is 19.1 Å². The Hall–Kier alpha value is -1.04. The van der Waals surface area contributed by atoms with Gasteiger partial charge in [-0.15, -0.1) is 6.58 Å². The van der Waals surface area contributed by atoms with Gasteiger partial charge in [0.15, 0.2) is 0 Å². The van der Waals surface area contributed by atoms with Gasteiger partial charge in [-0.05, 0) is 26.2 Å². The van der Waals surface area contributed by atoms with Gasteiger partial charge in [-0.3, -0.25) is 9.69 Å². The first-order valence-electron chi connectivity index (χ1n) is 6.94. The number of hydrogen-bond donors (Lipinski definition) is 1. The molecule has 1 atom stereocenters. The molecule has 0 radical (unpaired) electrons. The number of nitrogens with zero attached hydrogens (tertiary/aromatic N) is 1. The van der Waals surface area contributed by atoms with Crippen LogP contribution in [0.2, 0.25) is 0 Å². The van der Waals surface area contributed by atoms with Crippen molar-refractivity contribution in [3.05, 3.63) is 12.7 Å². The first-order chi connectivity index (χ1) is 9.20. The molecule has 20 heavy (non-hydrogen) atoms. The molecule has 1 heterocycles. The Bertz CT molecular complexity index is 349. The van der Waals surface area contributed by atoms with Crippen LogP contribution in [-0.2, 0) is 4.79 Å². The third-order valence-corrected chi connectivity index (χ3v) is 4.03. The van der Waals surface area contributed by atoms with E-state index >= 15 is 0 Å². The first-order valence-corrected chi connectivity index (χ1v) is 6.94. The molecule has 1 rings (SSSR count). The van der Waals surface area contributed by atoms with Gasteiger partial charge < -0.3 is 5.32 Å². The van der Waals surface area contributed by atoms with E-state index in [1.165, 1.54) is 4.90 Å². The van der Waals surface area contributed by atoms with Crippen molar-refractivity contribution in [1.29, 1.82) is 0 Å². The Morgan fingerprint density at radius 3 is 2.35 bits per heavy atom. The molecule has 6 heteroatoms. The summed E-state index contributed by atoms with van der Waals surface area (Å²) in [5.41, 5.74) is -0.608. The van der Waals surface area contributed by atoms with Gasteiger partial charge in [0.25, 0.3) is 0 Å². The summed E-state index contributed by atoms with van der Waals surface area (Å²) in [4.78, 5) is 13.5. The summed E-state index contributed by atoms with van der Waals surface area (Å²) < 4.78 is 36.8. The quantitative estimate of drug-likeness (QED) is 0.790. The lowest BCUT2D eigenvalue weighted by atomic mass is 9.86. The number of amides is 1. The summed E-state index contributed by atoms with van der Waals surface area (Å²) in [6, 6.07) is -0.0437. The summed E-state index contributed by atoms with van der Waals surface area (Å²) in [5, 5.41) is 2.93. The molecule has 0 spiro atoms. The number of nitrogens with one attached hydrogen (secondary N) is 1. The maximum absolute atomic E-state index is 12.3. The average molecular weight is 292 g/mol. The molecule has 0 aromatic rings. The Balaban J connectivity index is 2.43. The van der Waals surface area contributed by atoms with E-state index in [2.05, 4.69) is 11.9 Å². The number of likely N-dealkylation sites (tertiary alicyclic amines) is 1. The lowest BCUT2D eigenvalue weighted by Crippen LogP contribution is -2.49. The summed E-state index contributed by atoms with van der Waals surface area (Å²) in [6.45, 7) is 7.26. The number of alkyl halides is 3. The number of piperidine rings is 1. The highest BCUT2D eigenvalue weighted by Gasteiger charge is 2.34.